The molecular formula is C10H12N2O2. The molecule has 0 aromatic rings. The molecule has 0 bridgehead atoms. The Morgan fingerprint density at radius 2 is 2.64 bits per heavy atom. The van der Waals surface area contributed by atoms with E-state index in [1.54, 1.807) is 13.1 Å². The van der Waals surface area contributed by atoms with Crippen LogP contribution >= 0.6 is 0 Å². The molecule has 0 aliphatic carbocycles. The summed E-state index contributed by atoms with van der Waals surface area (Å²) in [6.07, 6.45) is 7.14. The number of nitrogens with zero attached hydrogens (tertiary/aromatic N) is 2. The lowest BCUT2D eigenvalue weighted by molar-refractivity contribution is -0.143. The summed E-state index contributed by atoms with van der Waals surface area (Å²) >= 11 is 0. The molecule has 14 heavy (non-hydrogen) atoms. The van der Waals surface area contributed by atoms with E-state index in [0.29, 0.717) is 19.0 Å². The summed E-state index contributed by atoms with van der Waals surface area (Å²) in [6, 6.07) is 0. The van der Waals surface area contributed by atoms with Gasteiger partial charge in [-0.05, 0) is 6.92 Å². The number of hydrogen-bond donors (Lipinski definition) is 0. The zero-order valence-corrected chi connectivity index (χ0v) is 8.06. The Hall–Kier alpha value is -1.63. The summed E-state index contributed by atoms with van der Waals surface area (Å²) in [6.45, 7) is 2.51. The number of carbonyl (C=O) groups is 1. The van der Waals surface area contributed by atoms with E-state index in [1.165, 1.54) is 0 Å². The molecule has 1 heterocycles. The Kier molecular flexibility index (Phi) is 3.86. The predicted molar refractivity (Wildman–Crippen MR) is 54.4 cm³/mol. The monoisotopic (exact) mass is 192 g/mol. The fourth-order valence-corrected chi connectivity index (χ4v) is 1.18. The highest BCUT2D eigenvalue weighted by molar-refractivity contribution is 6.11. The maximum absolute atomic E-state index is 11.2. The van der Waals surface area contributed by atoms with Crippen molar-refractivity contribution >= 4 is 17.9 Å². The van der Waals surface area contributed by atoms with E-state index in [0.717, 1.165) is 0 Å². The molecule has 0 aromatic heterocycles. The summed E-state index contributed by atoms with van der Waals surface area (Å²) < 4.78 is 4.81. The van der Waals surface area contributed by atoms with Crippen molar-refractivity contribution in [3.8, 4) is 12.3 Å². The largest absolute Gasteiger partial charge is 0.466 e. The minimum atomic E-state index is -0.270. The Morgan fingerprint density at radius 1 is 1.86 bits per heavy atom. The topological polar surface area (TPSA) is 51.0 Å². The molecule has 4 heteroatoms. The van der Waals surface area contributed by atoms with Gasteiger partial charge in [-0.15, -0.1) is 6.42 Å². The zero-order valence-electron chi connectivity index (χ0n) is 8.06. The predicted octanol–water partition coefficient (Wildman–Crippen LogP) is 0.672. The van der Waals surface area contributed by atoms with E-state index >= 15 is 0 Å². The molecule has 0 saturated heterocycles. The van der Waals surface area contributed by atoms with Gasteiger partial charge in [0.25, 0.3) is 0 Å². The Morgan fingerprint density at radius 3 is 3.29 bits per heavy atom. The second-order valence-corrected chi connectivity index (χ2v) is 2.78. The van der Waals surface area contributed by atoms with Gasteiger partial charge in [-0.1, -0.05) is 5.92 Å². The van der Waals surface area contributed by atoms with Crippen LogP contribution in [0.15, 0.2) is 9.98 Å². The molecule has 1 unspecified atom stereocenters. The molecular weight excluding hydrogens is 180 g/mol. The standard InChI is InChI=1S/C10H12N2O2/c1-3-9-8(6-11-7-12-9)5-10(13)14-4-2/h1,6,8H,4-5,7H2,2H3. The van der Waals surface area contributed by atoms with Gasteiger partial charge < -0.3 is 4.74 Å². The fourth-order valence-electron chi connectivity index (χ4n) is 1.18. The molecule has 1 rings (SSSR count). The highest BCUT2D eigenvalue weighted by atomic mass is 16.5. The second-order valence-electron chi connectivity index (χ2n) is 2.78. The van der Waals surface area contributed by atoms with Crippen LogP contribution in [0.5, 0.6) is 0 Å². The van der Waals surface area contributed by atoms with E-state index in [4.69, 9.17) is 11.2 Å². The van der Waals surface area contributed by atoms with Crippen LogP contribution < -0.4 is 0 Å². The minimum Gasteiger partial charge on any atom is -0.466 e. The normalized spacial score (nSPS) is 19.7. The molecule has 0 aromatic carbocycles. The summed E-state index contributed by atoms with van der Waals surface area (Å²) in [5, 5.41) is 0. The lowest BCUT2D eigenvalue weighted by Crippen LogP contribution is -2.22. The fraction of sp³-hybridized carbons (Fsp3) is 0.500. The number of hydrogen-bond acceptors (Lipinski definition) is 4. The van der Waals surface area contributed by atoms with E-state index in [2.05, 4.69) is 15.9 Å². The maximum Gasteiger partial charge on any atom is 0.306 e. The number of aliphatic imine (C=N–C) groups is 2. The third-order valence-electron chi connectivity index (χ3n) is 1.80. The quantitative estimate of drug-likeness (QED) is 0.487. The molecule has 0 N–H and O–H groups in total. The molecule has 1 aliphatic heterocycles. The SMILES string of the molecule is C#CC1=NCN=CC1CC(=O)OCC. The van der Waals surface area contributed by atoms with Crippen LogP contribution in [-0.2, 0) is 9.53 Å². The second kappa shape index (κ2) is 5.18. The third kappa shape index (κ3) is 2.70. The first kappa shape index (κ1) is 10.5. The maximum atomic E-state index is 11.2. The van der Waals surface area contributed by atoms with Crippen LogP contribution in [0.3, 0.4) is 0 Å². The van der Waals surface area contributed by atoms with Gasteiger partial charge in [0.2, 0.25) is 0 Å². The van der Waals surface area contributed by atoms with Crippen LogP contribution in [-0.4, -0.2) is 31.2 Å². The van der Waals surface area contributed by atoms with Crippen molar-refractivity contribution in [1.29, 1.82) is 0 Å². The van der Waals surface area contributed by atoms with Crippen LogP contribution in [0.4, 0.5) is 0 Å². The molecule has 1 atom stereocenters. The van der Waals surface area contributed by atoms with Gasteiger partial charge in [-0.2, -0.15) is 0 Å². The first-order valence-electron chi connectivity index (χ1n) is 4.44. The van der Waals surface area contributed by atoms with Crippen molar-refractivity contribution in [2.45, 2.75) is 13.3 Å². The molecule has 0 fully saturated rings. The summed E-state index contributed by atoms with van der Waals surface area (Å²) in [7, 11) is 0. The third-order valence-corrected chi connectivity index (χ3v) is 1.80. The lowest BCUT2D eigenvalue weighted by atomic mass is 10.0. The summed E-state index contributed by atoms with van der Waals surface area (Å²) in [5.74, 6) is 2.00. The molecule has 74 valence electrons. The van der Waals surface area contributed by atoms with Gasteiger partial charge in [-0.3, -0.25) is 14.8 Å². The molecule has 0 radical (unpaired) electrons. The van der Waals surface area contributed by atoms with Gasteiger partial charge in [-0.25, -0.2) is 0 Å². The van der Waals surface area contributed by atoms with Crippen LogP contribution in [0.1, 0.15) is 13.3 Å². The first-order valence-corrected chi connectivity index (χ1v) is 4.44. The molecule has 0 spiro atoms. The number of terminal acetylenes is 1. The van der Waals surface area contributed by atoms with Gasteiger partial charge in [0.15, 0.2) is 0 Å². The van der Waals surface area contributed by atoms with Crippen molar-refractivity contribution in [3.05, 3.63) is 0 Å². The smallest absolute Gasteiger partial charge is 0.306 e. The zero-order chi connectivity index (χ0) is 10.4. The lowest BCUT2D eigenvalue weighted by Gasteiger charge is -2.12. The number of esters is 1. The summed E-state index contributed by atoms with van der Waals surface area (Å²) in [5.41, 5.74) is 0.577. The minimum absolute atomic E-state index is 0.187. The molecule has 0 amide bonds. The van der Waals surface area contributed by atoms with Crippen molar-refractivity contribution < 1.29 is 9.53 Å². The van der Waals surface area contributed by atoms with E-state index < -0.39 is 0 Å². The highest BCUT2D eigenvalue weighted by Crippen LogP contribution is 2.08. The average molecular weight is 192 g/mol. The highest BCUT2D eigenvalue weighted by Gasteiger charge is 2.19. The summed E-state index contributed by atoms with van der Waals surface area (Å²) in [4.78, 5) is 19.1. The molecule has 1 aliphatic rings. The Balaban J connectivity index is 2.55. The van der Waals surface area contributed by atoms with Crippen molar-refractivity contribution in [2.24, 2.45) is 15.9 Å². The number of rotatable bonds is 3. The first-order chi connectivity index (χ1) is 6.77. The number of carbonyl (C=O) groups excluding carboxylic acids is 1. The van der Waals surface area contributed by atoms with Gasteiger partial charge in [0.05, 0.1) is 24.7 Å². The number of ether oxygens (including phenoxy) is 1. The van der Waals surface area contributed by atoms with E-state index in [1.807, 2.05) is 0 Å². The Bertz CT molecular complexity index is 313. The average Bonchev–Trinajstić information content (AvgIpc) is 2.19. The van der Waals surface area contributed by atoms with Crippen molar-refractivity contribution in [2.75, 3.05) is 13.3 Å². The van der Waals surface area contributed by atoms with E-state index in [-0.39, 0.29) is 18.3 Å². The van der Waals surface area contributed by atoms with Gasteiger partial charge in [0, 0.05) is 6.21 Å². The van der Waals surface area contributed by atoms with Crippen molar-refractivity contribution in [3.63, 3.8) is 0 Å². The van der Waals surface area contributed by atoms with Crippen LogP contribution in [0, 0.1) is 18.3 Å². The van der Waals surface area contributed by atoms with Gasteiger partial charge in [0.1, 0.15) is 6.67 Å². The van der Waals surface area contributed by atoms with Gasteiger partial charge >= 0.3 is 5.97 Å². The van der Waals surface area contributed by atoms with Crippen LogP contribution in [0.2, 0.25) is 0 Å². The molecule has 0 saturated carbocycles. The Labute approximate surface area is 83.1 Å². The van der Waals surface area contributed by atoms with E-state index in [9.17, 15) is 4.79 Å². The van der Waals surface area contributed by atoms with Crippen LogP contribution in [0.25, 0.3) is 0 Å². The van der Waals surface area contributed by atoms with Crippen molar-refractivity contribution in [1.82, 2.24) is 0 Å². The molecule has 4 nitrogen and oxygen atoms in total.